The summed E-state index contributed by atoms with van der Waals surface area (Å²) in [7, 11) is 0. The standard InChI is InChI=1S/C26H29N9O/c27-11-18-9-20-13-30-35(26(20)29-12-18)25-10-22(31-21-3-1-2-4-21)24(14-28-25)34-15-23(32-33-34)19-7-5-17(16-36)6-8-19/h9-10,12-15,17,19,21,36H,1-8,16H2,(H,28,31). The van der Waals surface area contributed by atoms with Crippen molar-refractivity contribution in [1.82, 2.24) is 34.7 Å². The Labute approximate surface area is 209 Å². The first kappa shape index (κ1) is 22.6. The van der Waals surface area contributed by atoms with Crippen molar-refractivity contribution in [3.63, 3.8) is 0 Å². The largest absolute Gasteiger partial charge is 0.396 e. The minimum atomic E-state index is 0.272. The number of pyridine rings is 2. The van der Waals surface area contributed by atoms with Gasteiger partial charge in [-0.1, -0.05) is 18.1 Å². The van der Waals surface area contributed by atoms with Crippen LogP contribution >= 0.6 is 0 Å². The second-order valence-electron chi connectivity index (χ2n) is 9.98. The number of anilines is 1. The van der Waals surface area contributed by atoms with Crippen molar-refractivity contribution in [2.24, 2.45) is 5.92 Å². The monoisotopic (exact) mass is 483 g/mol. The van der Waals surface area contributed by atoms with Gasteiger partial charge in [0.15, 0.2) is 11.5 Å². The molecule has 2 saturated carbocycles. The fourth-order valence-electron chi connectivity index (χ4n) is 5.51. The molecule has 0 aromatic carbocycles. The maximum Gasteiger partial charge on any atom is 0.164 e. The topological polar surface area (TPSA) is 130 Å². The number of aromatic nitrogens is 7. The number of fused-ring (bicyclic) bond motifs is 1. The molecule has 4 aromatic rings. The van der Waals surface area contributed by atoms with Gasteiger partial charge in [0.25, 0.3) is 0 Å². The van der Waals surface area contributed by atoms with Gasteiger partial charge in [0.2, 0.25) is 0 Å². The molecule has 0 atom stereocenters. The minimum Gasteiger partial charge on any atom is -0.396 e. The van der Waals surface area contributed by atoms with E-state index in [1.54, 1.807) is 23.1 Å². The third-order valence-electron chi connectivity index (χ3n) is 7.62. The summed E-state index contributed by atoms with van der Waals surface area (Å²) in [6.45, 7) is 0.272. The fourth-order valence-corrected chi connectivity index (χ4v) is 5.51. The van der Waals surface area contributed by atoms with E-state index in [0.717, 1.165) is 61.0 Å². The van der Waals surface area contributed by atoms with E-state index in [9.17, 15) is 10.4 Å². The van der Waals surface area contributed by atoms with Crippen molar-refractivity contribution < 1.29 is 5.11 Å². The SMILES string of the molecule is N#Cc1cnc2c(cnn2-c2cc(NC3CCCC3)c(-n3cc(C4CCC(CO)CC4)nn3)cn2)c1. The molecular formula is C26H29N9O. The molecule has 0 saturated heterocycles. The Kier molecular flexibility index (Phi) is 6.07. The van der Waals surface area contributed by atoms with E-state index < -0.39 is 0 Å². The van der Waals surface area contributed by atoms with Crippen molar-refractivity contribution in [3.05, 3.63) is 48.2 Å². The first-order valence-corrected chi connectivity index (χ1v) is 12.8. The van der Waals surface area contributed by atoms with Crippen LogP contribution in [0.1, 0.15) is 68.5 Å². The van der Waals surface area contributed by atoms with Crippen LogP contribution in [0, 0.1) is 17.2 Å². The first-order chi connectivity index (χ1) is 17.7. The minimum absolute atomic E-state index is 0.272. The maximum absolute atomic E-state index is 9.45. The quantitative estimate of drug-likeness (QED) is 0.422. The Bertz CT molecular complexity index is 1400. The second-order valence-corrected chi connectivity index (χ2v) is 9.98. The number of hydrogen-bond donors (Lipinski definition) is 2. The van der Waals surface area contributed by atoms with E-state index in [1.807, 2.05) is 23.1 Å². The van der Waals surface area contributed by atoms with Gasteiger partial charge in [-0.2, -0.15) is 15.0 Å². The lowest BCUT2D eigenvalue weighted by Gasteiger charge is -2.25. The van der Waals surface area contributed by atoms with Gasteiger partial charge >= 0.3 is 0 Å². The summed E-state index contributed by atoms with van der Waals surface area (Å²) in [5.74, 6) is 1.43. The van der Waals surface area contributed by atoms with Crippen LogP contribution in [0.25, 0.3) is 22.5 Å². The second kappa shape index (κ2) is 9.66. The van der Waals surface area contributed by atoms with E-state index >= 15 is 0 Å². The van der Waals surface area contributed by atoms with Gasteiger partial charge in [-0.05, 0) is 50.5 Å². The van der Waals surface area contributed by atoms with Crippen LogP contribution < -0.4 is 5.32 Å². The zero-order valence-electron chi connectivity index (χ0n) is 20.1. The molecule has 2 aliphatic rings. The van der Waals surface area contributed by atoms with Crippen LogP contribution in [0.15, 0.2) is 36.9 Å². The van der Waals surface area contributed by atoms with E-state index in [-0.39, 0.29) is 6.61 Å². The molecular weight excluding hydrogens is 454 g/mol. The third kappa shape index (κ3) is 4.31. The lowest BCUT2D eigenvalue weighted by Crippen LogP contribution is -2.17. The van der Waals surface area contributed by atoms with Crippen molar-refractivity contribution in [2.45, 2.75) is 63.3 Å². The highest BCUT2D eigenvalue weighted by atomic mass is 16.3. The molecule has 36 heavy (non-hydrogen) atoms. The number of aliphatic hydroxyl groups excluding tert-OH is 1. The molecule has 184 valence electrons. The van der Waals surface area contributed by atoms with Gasteiger partial charge in [-0.25, -0.2) is 14.6 Å². The lowest BCUT2D eigenvalue weighted by molar-refractivity contribution is 0.181. The van der Waals surface area contributed by atoms with Crippen molar-refractivity contribution in [2.75, 3.05) is 11.9 Å². The molecule has 2 fully saturated rings. The summed E-state index contributed by atoms with van der Waals surface area (Å²) in [6, 6.07) is 6.30. The van der Waals surface area contributed by atoms with Gasteiger partial charge in [-0.3, -0.25) is 0 Å². The molecule has 6 rings (SSSR count). The summed E-state index contributed by atoms with van der Waals surface area (Å²) >= 11 is 0. The molecule has 2 N–H and O–H groups in total. The molecule has 0 bridgehead atoms. The number of hydrogen-bond acceptors (Lipinski definition) is 8. The van der Waals surface area contributed by atoms with Gasteiger partial charge in [0, 0.05) is 36.2 Å². The summed E-state index contributed by atoms with van der Waals surface area (Å²) < 4.78 is 3.52. The van der Waals surface area contributed by atoms with Crippen LogP contribution in [0.2, 0.25) is 0 Å². The summed E-state index contributed by atoms with van der Waals surface area (Å²) in [6.07, 6.45) is 15.9. The number of aliphatic hydroxyl groups is 1. The number of nitrogens with zero attached hydrogens (tertiary/aromatic N) is 8. The van der Waals surface area contributed by atoms with Crippen LogP contribution in [-0.2, 0) is 0 Å². The molecule has 0 radical (unpaired) electrons. The molecule has 10 nitrogen and oxygen atoms in total. The highest BCUT2D eigenvalue weighted by Gasteiger charge is 2.25. The highest BCUT2D eigenvalue weighted by molar-refractivity contribution is 5.77. The number of nitriles is 1. The van der Waals surface area contributed by atoms with Gasteiger partial charge in [0.05, 0.1) is 35.5 Å². The maximum atomic E-state index is 9.45. The summed E-state index contributed by atoms with van der Waals surface area (Å²) in [5, 5.41) is 36.6. The first-order valence-electron chi connectivity index (χ1n) is 12.8. The van der Waals surface area contributed by atoms with Crippen molar-refractivity contribution >= 4 is 16.7 Å². The molecule has 4 heterocycles. The Balaban J connectivity index is 1.34. The molecule has 0 unspecified atom stereocenters. The molecule has 10 heteroatoms. The smallest absolute Gasteiger partial charge is 0.164 e. The van der Waals surface area contributed by atoms with E-state index in [4.69, 9.17) is 4.98 Å². The molecule has 0 amide bonds. The zero-order chi connectivity index (χ0) is 24.5. The molecule has 0 spiro atoms. The summed E-state index contributed by atoms with van der Waals surface area (Å²) in [4.78, 5) is 9.15. The molecule has 0 aliphatic heterocycles. The molecule has 2 aliphatic carbocycles. The summed E-state index contributed by atoms with van der Waals surface area (Å²) in [5.41, 5.74) is 3.94. The zero-order valence-corrected chi connectivity index (χ0v) is 20.1. The van der Waals surface area contributed by atoms with Crippen LogP contribution in [0.5, 0.6) is 0 Å². The Morgan fingerprint density at radius 2 is 1.86 bits per heavy atom. The predicted molar refractivity (Wildman–Crippen MR) is 134 cm³/mol. The number of nitrogens with one attached hydrogen (secondary N) is 1. The van der Waals surface area contributed by atoms with Crippen molar-refractivity contribution in [1.29, 1.82) is 5.26 Å². The van der Waals surface area contributed by atoms with E-state index in [1.165, 1.54) is 12.8 Å². The van der Waals surface area contributed by atoms with Gasteiger partial charge in [0.1, 0.15) is 11.8 Å². The third-order valence-corrected chi connectivity index (χ3v) is 7.62. The Morgan fingerprint density at radius 1 is 1.03 bits per heavy atom. The molecule has 4 aromatic heterocycles. The number of rotatable bonds is 6. The van der Waals surface area contributed by atoms with Crippen LogP contribution in [-0.4, -0.2) is 52.5 Å². The average Bonchev–Trinajstić information content (AvgIpc) is 3.69. The van der Waals surface area contributed by atoms with E-state index in [2.05, 4.69) is 31.8 Å². The van der Waals surface area contributed by atoms with Gasteiger partial charge in [-0.15, -0.1) is 5.10 Å². The predicted octanol–water partition coefficient (Wildman–Crippen LogP) is 3.89. The Hall–Kier alpha value is -3.84. The highest BCUT2D eigenvalue weighted by Crippen LogP contribution is 2.35. The van der Waals surface area contributed by atoms with Crippen molar-refractivity contribution in [3.8, 4) is 17.6 Å². The fraction of sp³-hybridized carbons (Fsp3) is 0.462. The van der Waals surface area contributed by atoms with Gasteiger partial charge < -0.3 is 10.4 Å². The van der Waals surface area contributed by atoms with Crippen LogP contribution in [0.4, 0.5) is 5.69 Å². The average molecular weight is 484 g/mol. The normalized spacial score (nSPS) is 20.6. The van der Waals surface area contributed by atoms with Crippen LogP contribution in [0.3, 0.4) is 0 Å². The Morgan fingerprint density at radius 3 is 2.64 bits per heavy atom. The van der Waals surface area contributed by atoms with E-state index in [0.29, 0.717) is 34.9 Å². The lowest BCUT2D eigenvalue weighted by atomic mass is 9.81.